The van der Waals surface area contributed by atoms with Crippen molar-refractivity contribution in [2.45, 2.75) is 13.3 Å². The average Bonchev–Trinajstić information content (AvgIpc) is 2.26. The van der Waals surface area contributed by atoms with Gasteiger partial charge < -0.3 is 10.5 Å². The van der Waals surface area contributed by atoms with Gasteiger partial charge in [-0.2, -0.15) is 0 Å². The SMILES string of the molecule is COc1cncc(C(C)=CCCN)c1. The number of rotatable bonds is 4. The van der Waals surface area contributed by atoms with Crippen molar-refractivity contribution in [1.82, 2.24) is 4.98 Å². The van der Waals surface area contributed by atoms with Gasteiger partial charge in [-0.15, -0.1) is 0 Å². The summed E-state index contributed by atoms with van der Waals surface area (Å²) in [6.07, 6.45) is 6.52. The molecular weight excluding hydrogens is 176 g/mol. The van der Waals surface area contributed by atoms with Crippen LogP contribution in [0.1, 0.15) is 18.9 Å². The molecule has 0 radical (unpaired) electrons. The van der Waals surface area contributed by atoms with Crippen LogP contribution in [0.3, 0.4) is 0 Å². The second kappa shape index (κ2) is 5.40. The Morgan fingerprint density at radius 1 is 1.57 bits per heavy atom. The van der Waals surface area contributed by atoms with Crippen molar-refractivity contribution in [3.05, 3.63) is 30.1 Å². The second-order valence-electron chi connectivity index (χ2n) is 3.08. The lowest BCUT2D eigenvalue weighted by Gasteiger charge is -2.03. The van der Waals surface area contributed by atoms with Crippen molar-refractivity contribution in [2.75, 3.05) is 13.7 Å². The van der Waals surface area contributed by atoms with Gasteiger partial charge in [0.15, 0.2) is 0 Å². The van der Waals surface area contributed by atoms with Crippen LogP contribution >= 0.6 is 0 Å². The molecule has 0 fully saturated rings. The third-order valence-corrected chi connectivity index (χ3v) is 2.02. The molecule has 1 aromatic rings. The van der Waals surface area contributed by atoms with E-state index in [2.05, 4.69) is 11.1 Å². The predicted molar refractivity (Wildman–Crippen MR) is 58.1 cm³/mol. The number of pyridine rings is 1. The zero-order chi connectivity index (χ0) is 10.4. The summed E-state index contributed by atoms with van der Waals surface area (Å²) < 4.78 is 5.10. The molecule has 0 saturated carbocycles. The van der Waals surface area contributed by atoms with E-state index in [4.69, 9.17) is 10.5 Å². The molecule has 0 saturated heterocycles. The average molecular weight is 192 g/mol. The quantitative estimate of drug-likeness (QED) is 0.791. The first-order chi connectivity index (χ1) is 6.77. The fourth-order valence-corrected chi connectivity index (χ4v) is 1.16. The Morgan fingerprint density at radius 2 is 2.36 bits per heavy atom. The molecule has 0 aliphatic heterocycles. The normalized spacial score (nSPS) is 11.5. The van der Waals surface area contributed by atoms with Crippen LogP contribution in [0.25, 0.3) is 5.57 Å². The van der Waals surface area contributed by atoms with E-state index in [1.165, 1.54) is 5.57 Å². The molecule has 0 atom stereocenters. The monoisotopic (exact) mass is 192 g/mol. The number of aromatic nitrogens is 1. The molecule has 0 bridgehead atoms. The van der Waals surface area contributed by atoms with Gasteiger partial charge in [0.05, 0.1) is 13.3 Å². The van der Waals surface area contributed by atoms with Crippen molar-refractivity contribution in [2.24, 2.45) is 5.73 Å². The zero-order valence-electron chi connectivity index (χ0n) is 8.66. The van der Waals surface area contributed by atoms with Gasteiger partial charge in [0.2, 0.25) is 0 Å². The van der Waals surface area contributed by atoms with Crippen molar-refractivity contribution in [3.8, 4) is 5.75 Å². The molecule has 1 rings (SSSR count). The molecule has 1 aromatic heterocycles. The van der Waals surface area contributed by atoms with Crippen LogP contribution in [0.4, 0.5) is 0 Å². The molecule has 0 aliphatic rings. The molecule has 0 aliphatic carbocycles. The molecule has 1 heterocycles. The topological polar surface area (TPSA) is 48.1 Å². The minimum atomic E-state index is 0.675. The zero-order valence-corrected chi connectivity index (χ0v) is 8.66. The lowest BCUT2D eigenvalue weighted by Crippen LogP contribution is -1.96. The summed E-state index contributed by atoms with van der Waals surface area (Å²) >= 11 is 0. The Bertz CT molecular complexity index is 321. The summed E-state index contributed by atoms with van der Waals surface area (Å²) in [5.41, 5.74) is 7.69. The van der Waals surface area contributed by atoms with E-state index < -0.39 is 0 Å². The molecular formula is C11H16N2O. The van der Waals surface area contributed by atoms with Gasteiger partial charge in [0.25, 0.3) is 0 Å². The molecule has 0 amide bonds. The Kier molecular flexibility index (Phi) is 4.13. The van der Waals surface area contributed by atoms with Gasteiger partial charge in [-0.25, -0.2) is 0 Å². The van der Waals surface area contributed by atoms with Crippen molar-refractivity contribution in [1.29, 1.82) is 0 Å². The molecule has 0 unspecified atom stereocenters. The molecule has 2 N–H and O–H groups in total. The van der Waals surface area contributed by atoms with E-state index in [-0.39, 0.29) is 0 Å². The van der Waals surface area contributed by atoms with Crippen molar-refractivity contribution in [3.63, 3.8) is 0 Å². The van der Waals surface area contributed by atoms with E-state index >= 15 is 0 Å². The molecule has 3 heteroatoms. The first kappa shape index (κ1) is 10.7. The lowest BCUT2D eigenvalue weighted by atomic mass is 10.1. The summed E-state index contributed by atoms with van der Waals surface area (Å²) in [5, 5.41) is 0. The predicted octanol–water partition coefficient (Wildman–Crippen LogP) is 1.84. The van der Waals surface area contributed by atoms with Gasteiger partial charge in [-0.05, 0) is 37.1 Å². The highest BCUT2D eigenvalue weighted by Crippen LogP contribution is 2.18. The van der Waals surface area contributed by atoms with Crippen molar-refractivity contribution >= 4 is 5.57 Å². The van der Waals surface area contributed by atoms with Gasteiger partial charge in [-0.1, -0.05) is 6.08 Å². The molecule has 76 valence electrons. The standard InChI is InChI=1S/C11H16N2O/c1-9(4-3-5-12)10-6-11(14-2)8-13-7-10/h4,6-8H,3,5,12H2,1-2H3. The summed E-state index contributed by atoms with van der Waals surface area (Å²) in [6.45, 7) is 2.72. The highest BCUT2D eigenvalue weighted by Gasteiger charge is 1.97. The summed E-state index contributed by atoms with van der Waals surface area (Å²) in [7, 11) is 1.64. The van der Waals surface area contributed by atoms with Crippen LogP contribution < -0.4 is 10.5 Å². The van der Waals surface area contributed by atoms with E-state index in [1.807, 2.05) is 19.2 Å². The maximum Gasteiger partial charge on any atom is 0.137 e. The van der Waals surface area contributed by atoms with Crippen LogP contribution in [0.5, 0.6) is 5.75 Å². The van der Waals surface area contributed by atoms with Crippen LogP contribution in [0.2, 0.25) is 0 Å². The van der Waals surface area contributed by atoms with Gasteiger partial charge in [0.1, 0.15) is 5.75 Å². The largest absolute Gasteiger partial charge is 0.495 e. The van der Waals surface area contributed by atoms with Gasteiger partial charge in [0, 0.05) is 6.20 Å². The van der Waals surface area contributed by atoms with Gasteiger partial charge in [-0.3, -0.25) is 4.98 Å². The molecule has 0 spiro atoms. The van der Waals surface area contributed by atoms with Crippen LogP contribution in [0.15, 0.2) is 24.5 Å². The maximum absolute atomic E-state index is 5.43. The Balaban J connectivity index is 2.84. The fourth-order valence-electron chi connectivity index (χ4n) is 1.16. The van der Waals surface area contributed by atoms with E-state index in [1.54, 1.807) is 13.3 Å². The number of methoxy groups -OCH3 is 1. The Morgan fingerprint density at radius 3 is 3.00 bits per heavy atom. The highest BCUT2D eigenvalue weighted by molar-refractivity contribution is 5.63. The minimum absolute atomic E-state index is 0.675. The number of nitrogens with zero attached hydrogens (tertiary/aromatic N) is 1. The van der Waals surface area contributed by atoms with E-state index in [0.717, 1.165) is 17.7 Å². The Labute approximate surface area is 84.6 Å². The maximum atomic E-state index is 5.43. The number of hydrogen-bond donors (Lipinski definition) is 1. The first-order valence-corrected chi connectivity index (χ1v) is 4.64. The smallest absolute Gasteiger partial charge is 0.137 e. The first-order valence-electron chi connectivity index (χ1n) is 4.64. The lowest BCUT2D eigenvalue weighted by molar-refractivity contribution is 0.412. The number of nitrogens with two attached hydrogens (primary N) is 1. The van der Waals surface area contributed by atoms with Crippen molar-refractivity contribution < 1.29 is 4.74 Å². The third-order valence-electron chi connectivity index (χ3n) is 2.02. The summed E-state index contributed by atoms with van der Waals surface area (Å²) in [5.74, 6) is 0.781. The molecule has 14 heavy (non-hydrogen) atoms. The molecule has 3 nitrogen and oxygen atoms in total. The highest BCUT2D eigenvalue weighted by atomic mass is 16.5. The number of hydrogen-bond acceptors (Lipinski definition) is 3. The van der Waals surface area contributed by atoms with E-state index in [0.29, 0.717) is 6.54 Å². The fraction of sp³-hybridized carbons (Fsp3) is 0.364. The molecule has 0 aromatic carbocycles. The second-order valence-corrected chi connectivity index (χ2v) is 3.08. The van der Waals surface area contributed by atoms with Crippen LogP contribution in [-0.2, 0) is 0 Å². The van der Waals surface area contributed by atoms with Gasteiger partial charge >= 0.3 is 0 Å². The summed E-state index contributed by atoms with van der Waals surface area (Å²) in [6, 6.07) is 1.97. The summed E-state index contributed by atoms with van der Waals surface area (Å²) in [4.78, 5) is 4.09. The third kappa shape index (κ3) is 2.85. The van der Waals surface area contributed by atoms with E-state index in [9.17, 15) is 0 Å². The number of allylic oxidation sites excluding steroid dienone is 1. The van der Waals surface area contributed by atoms with Crippen LogP contribution in [-0.4, -0.2) is 18.6 Å². The van der Waals surface area contributed by atoms with Crippen LogP contribution in [0, 0.1) is 0 Å². The Hall–Kier alpha value is -1.35. The minimum Gasteiger partial charge on any atom is -0.495 e. The number of ether oxygens (including phenoxy) is 1.